The first kappa shape index (κ1) is 17.9. The second-order valence-corrected chi connectivity index (χ2v) is 6.18. The topological polar surface area (TPSA) is 91.2 Å². The molecule has 26 heavy (non-hydrogen) atoms. The smallest absolute Gasteiger partial charge is 0.251 e. The summed E-state index contributed by atoms with van der Waals surface area (Å²) >= 11 is 3.39. The minimum Gasteiger partial charge on any atom is -0.497 e. The van der Waals surface area contributed by atoms with Crippen LogP contribution in [0.5, 0.6) is 11.5 Å². The molecule has 0 unspecified atom stereocenters. The minimum atomic E-state index is -0.285. The van der Waals surface area contributed by atoms with E-state index in [0.29, 0.717) is 22.9 Å². The van der Waals surface area contributed by atoms with Crippen LogP contribution in [0.1, 0.15) is 16.2 Å². The van der Waals surface area contributed by atoms with E-state index in [1.165, 1.54) is 14.2 Å². The second kappa shape index (κ2) is 7.96. The van der Waals surface area contributed by atoms with E-state index in [4.69, 9.17) is 9.47 Å². The van der Waals surface area contributed by atoms with Crippen LogP contribution in [-0.2, 0) is 6.54 Å². The number of amides is 1. The number of rotatable bonds is 6. The van der Waals surface area contributed by atoms with Gasteiger partial charge in [0.25, 0.3) is 5.91 Å². The number of tetrazole rings is 1. The summed E-state index contributed by atoms with van der Waals surface area (Å²) in [5, 5.41) is 14.4. The standard InChI is InChI=1S/C17H16BrN5O3/c1-25-14-7-11(8-15(9-14)26-2)17(24)19-10-16-20-21-22-23(16)13-5-3-12(18)4-6-13/h3-9H,10H2,1-2H3,(H,19,24). The number of carbonyl (C=O) groups excluding carboxylic acids is 1. The van der Waals surface area contributed by atoms with Crippen LogP contribution in [0.25, 0.3) is 5.69 Å². The van der Waals surface area contributed by atoms with Crippen LogP contribution in [0.3, 0.4) is 0 Å². The highest BCUT2D eigenvalue weighted by atomic mass is 79.9. The highest BCUT2D eigenvalue weighted by molar-refractivity contribution is 9.10. The first-order valence-corrected chi connectivity index (χ1v) is 8.44. The number of nitrogens with zero attached hydrogens (tertiary/aromatic N) is 4. The van der Waals surface area contributed by atoms with Gasteiger partial charge in [0.15, 0.2) is 5.82 Å². The molecule has 1 aromatic heterocycles. The molecule has 3 aromatic rings. The lowest BCUT2D eigenvalue weighted by molar-refractivity contribution is 0.0949. The normalized spacial score (nSPS) is 10.4. The Morgan fingerprint density at radius 3 is 2.38 bits per heavy atom. The number of ether oxygens (including phenoxy) is 2. The zero-order valence-electron chi connectivity index (χ0n) is 14.1. The van der Waals surface area contributed by atoms with Crippen LogP contribution in [0, 0.1) is 0 Å². The summed E-state index contributed by atoms with van der Waals surface area (Å²) in [6.07, 6.45) is 0. The predicted molar refractivity (Wildman–Crippen MR) is 97.6 cm³/mol. The molecule has 0 atom stereocenters. The zero-order valence-corrected chi connectivity index (χ0v) is 15.7. The fourth-order valence-electron chi connectivity index (χ4n) is 2.30. The Kier molecular flexibility index (Phi) is 5.47. The lowest BCUT2D eigenvalue weighted by Crippen LogP contribution is -2.24. The molecule has 1 N–H and O–H groups in total. The molecule has 2 aromatic carbocycles. The summed E-state index contributed by atoms with van der Waals surface area (Å²) in [7, 11) is 3.06. The van der Waals surface area contributed by atoms with Gasteiger partial charge in [-0.1, -0.05) is 15.9 Å². The highest BCUT2D eigenvalue weighted by Gasteiger charge is 2.13. The largest absolute Gasteiger partial charge is 0.497 e. The van der Waals surface area contributed by atoms with Crippen molar-refractivity contribution in [2.75, 3.05) is 14.2 Å². The molecule has 0 aliphatic heterocycles. The minimum absolute atomic E-state index is 0.168. The maximum absolute atomic E-state index is 12.5. The number of aromatic nitrogens is 4. The van der Waals surface area contributed by atoms with Crippen molar-refractivity contribution in [3.05, 3.63) is 58.3 Å². The molecule has 0 aliphatic carbocycles. The van der Waals surface area contributed by atoms with E-state index in [1.807, 2.05) is 24.3 Å². The van der Waals surface area contributed by atoms with E-state index in [9.17, 15) is 4.79 Å². The molecule has 0 fully saturated rings. The van der Waals surface area contributed by atoms with Crippen LogP contribution < -0.4 is 14.8 Å². The van der Waals surface area contributed by atoms with E-state index in [1.54, 1.807) is 22.9 Å². The molecule has 0 radical (unpaired) electrons. The van der Waals surface area contributed by atoms with E-state index in [0.717, 1.165) is 10.2 Å². The van der Waals surface area contributed by atoms with Crippen molar-refractivity contribution in [3.63, 3.8) is 0 Å². The number of carbonyl (C=O) groups is 1. The Morgan fingerprint density at radius 2 is 1.77 bits per heavy atom. The van der Waals surface area contributed by atoms with Crippen molar-refractivity contribution in [1.82, 2.24) is 25.5 Å². The summed E-state index contributed by atoms with van der Waals surface area (Å²) in [6.45, 7) is 0.168. The Bertz CT molecular complexity index is 889. The molecular formula is C17H16BrN5O3. The van der Waals surface area contributed by atoms with Crippen LogP contribution in [-0.4, -0.2) is 40.3 Å². The summed E-state index contributed by atoms with van der Waals surface area (Å²) in [4.78, 5) is 12.5. The number of benzene rings is 2. The van der Waals surface area contributed by atoms with E-state index in [2.05, 4.69) is 36.8 Å². The summed E-state index contributed by atoms with van der Waals surface area (Å²) in [5.74, 6) is 1.30. The number of hydrogen-bond acceptors (Lipinski definition) is 6. The lowest BCUT2D eigenvalue weighted by Gasteiger charge is -2.09. The monoisotopic (exact) mass is 417 g/mol. The maximum Gasteiger partial charge on any atom is 0.251 e. The Balaban J connectivity index is 1.75. The average molecular weight is 418 g/mol. The lowest BCUT2D eigenvalue weighted by atomic mass is 10.2. The Hall–Kier alpha value is -2.94. The van der Waals surface area contributed by atoms with E-state index >= 15 is 0 Å². The van der Waals surface area contributed by atoms with Crippen molar-refractivity contribution >= 4 is 21.8 Å². The van der Waals surface area contributed by atoms with Crippen LogP contribution in [0.4, 0.5) is 0 Å². The molecule has 0 aliphatic rings. The molecule has 0 bridgehead atoms. The van der Waals surface area contributed by atoms with Crippen LogP contribution in [0.2, 0.25) is 0 Å². The first-order chi connectivity index (χ1) is 12.6. The van der Waals surface area contributed by atoms with Crippen LogP contribution in [0.15, 0.2) is 46.9 Å². The predicted octanol–water partition coefficient (Wildman–Crippen LogP) is 2.37. The Morgan fingerprint density at radius 1 is 1.12 bits per heavy atom. The third kappa shape index (κ3) is 3.99. The number of methoxy groups -OCH3 is 2. The van der Waals surface area contributed by atoms with Gasteiger partial charge in [0.2, 0.25) is 0 Å². The molecule has 134 valence electrons. The number of hydrogen-bond donors (Lipinski definition) is 1. The van der Waals surface area contributed by atoms with Crippen LogP contribution >= 0.6 is 15.9 Å². The van der Waals surface area contributed by atoms with Gasteiger partial charge in [0.1, 0.15) is 11.5 Å². The van der Waals surface area contributed by atoms with E-state index < -0.39 is 0 Å². The SMILES string of the molecule is COc1cc(OC)cc(C(=O)NCc2nnnn2-c2ccc(Br)cc2)c1. The molecular weight excluding hydrogens is 402 g/mol. The van der Waals surface area contributed by atoms with Gasteiger partial charge in [-0.15, -0.1) is 5.10 Å². The van der Waals surface area contributed by atoms with Gasteiger partial charge in [-0.3, -0.25) is 4.79 Å². The van der Waals surface area contributed by atoms with Gasteiger partial charge in [-0.25, -0.2) is 0 Å². The van der Waals surface area contributed by atoms with Gasteiger partial charge in [-0.05, 0) is 46.8 Å². The maximum atomic E-state index is 12.5. The third-order valence-corrected chi connectivity index (χ3v) is 4.15. The van der Waals surface area contributed by atoms with Crippen molar-refractivity contribution in [2.24, 2.45) is 0 Å². The molecule has 0 saturated carbocycles. The van der Waals surface area contributed by atoms with Gasteiger partial charge >= 0.3 is 0 Å². The highest BCUT2D eigenvalue weighted by Crippen LogP contribution is 2.22. The fourth-order valence-corrected chi connectivity index (χ4v) is 2.56. The van der Waals surface area contributed by atoms with Gasteiger partial charge in [0, 0.05) is 16.1 Å². The van der Waals surface area contributed by atoms with Gasteiger partial charge in [0.05, 0.1) is 26.5 Å². The molecule has 0 saturated heterocycles. The zero-order chi connectivity index (χ0) is 18.5. The first-order valence-electron chi connectivity index (χ1n) is 7.65. The summed E-state index contributed by atoms with van der Waals surface area (Å²) < 4.78 is 12.9. The second-order valence-electron chi connectivity index (χ2n) is 5.27. The summed E-state index contributed by atoms with van der Waals surface area (Å²) in [5.41, 5.74) is 1.22. The van der Waals surface area contributed by atoms with Crippen molar-refractivity contribution in [2.45, 2.75) is 6.54 Å². The number of nitrogens with one attached hydrogen (secondary N) is 1. The molecule has 0 spiro atoms. The van der Waals surface area contributed by atoms with Gasteiger partial charge < -0.3 is 14.8 Å². The van der Waals surface area contributed by atoms with Crippen molar-refractivity contribution in [1.29, 1.82) is 0 Å². The van der Waals surface area contributed by atoms with Crippen molar-refractivity contribution < 1.29 is 14.3 Å². The Labute approximate surface area is 158 Å². The molecule has 8 nitrogen and oxygen atoms in total. The molecule has 9 heteroatoms. The number of halogens is 1. The summed E-state index contributed by atoms with van der Waals surface area (Å²) in [6, 6.07) is 12.5. The molecule has 3 rings (SSSR count). The molecule has 1 heterocycles. The quantitative estimate of drug-likeness (QED) is 0.661. The average Bonchev–Trinajstić information content (AvgIpc) is 3.14. The van der Waals surface area contributed by atoms with Crippen molar-refractivity contribution in [3.8, 4) is 17.2 Å². The third-order valence-electron chi connectivity index (χ3n) is 3.63. The fraction of sp³-hybridized carbons (Fsp3) is 0.176. The molecule has 1 amide bonds. The van der Waals surface area contributed by atoms with E-state index in [-0.39, 0.29) is 12.5 Å². The van der Waals surface area contributed by atoms with Gasteiger partial charge in [-0.2, -0.15) is 4.68 Å².